The number of rotatable bonds is 4. The van der Waals surface area contributed by atoms with Crippen LogP contribution in [0.25, 0.3) is 0 Å². The van der Waals surface area contributed by atoms with Gasteiger partial charge >= 0.3 is 0 Å². The Labute approximate surface area is 121 Å². The minimum atomic E-state index is -0.465. The van der Waals surface area contributed by atoms with Gasteiger partial charge in [-0.15, -0.1) is 5.11 Å². The van der Waals surface area contributed by atoms with Crippen molar-refractivity contribution in [3.63, 3.8) is 0 Å². The van der Waals surface area contributed by atoms with Crippen LogP contribution in [0.4, 0.5) is 22.7 Å². The molecule has 2 aromatic rings. The van der Waals surface area contributed by atoms with Gasteiger partial charge in [-0.25, -0.2) is 0 Å². The molecule has 2 rings (SSSR count). The molecule has 0 saturated carbocycles. The Hall–Kier alpha value is -2.96. The molecule has 0 spiro atoms. The molecular formula is C14H14N4O3. The lowest BCUT2D eigenvalue weighted by atomic mass is 10.1. The van der Waals surface area contributed by atoms with E-state index in [4.69, 9.17) is 10.5 Å². The van der Waals surface area contributed by atoms with E-state index in [2.05, 4.69) is 10.2 Å². The number of benzene rings is 2. The lowest BCUT2D eigenvalue weighted by Gasteiger charge is -2.07. The summed E-state index contributed by atoms with van der Waals surface area (Å²) >= 11 is 0. The number of nitro groups is 1. The molecule has 0 bridgehead atoms. The molecule has 0 heterocycles. The number of ether oxygens (including phenoxy) is 1. The van der Waals surface area contributed by atoms with Crippen LogP contribution in [0.15, 0.2) is 46.6 Å². The number of anilines is 1. The maximum Gasteiger partial charge on any atom is 0.269 e. The zero-order valence-corrected chi connectivity index (χ0v) is 11.6. The van der Waals surface area contributed by atoms with E-state index in [1.807, 2.05) is 6.92 Å². The fourth-order valence-electron chi connectivity index (χ4n) is 1.68. The van der Waals surface area contributed by atoms with Gasteiger partial charge in [0, 0.05) is 23.9 Å². The standard InChI is InChI=1S/C14H14N4O3/c1-9-7-13(14(21-2)8-12(9)15)17-16-10-3-5-11(6-4-10)18(19)20/h3-8H,15H2,1-2H3. The second-order valence-electron chi connectivity index (χ2n) is 4.35. The first kappa shape index (κ1) is 14.4. The third-order valence-corrected chi connectivity index (χ3v) is 2.90. The third-order valence-electron chi connectivity index (χ3n) is 2.90. The van der Waals surface area contributed by atoms with Crippen LogP contribution >= 0.6 is 0 Å². The normalized spacial score (nSPS) is 10.8. The summed E-state index contributed by atoms with van der Waals surface area (Å²) in [6, 6.07) is 9.25. The Morgan fingerprint density at radius 1 is 1.19 bits per heavy atom. The number of nitrogens with two attached hydrogens (primary N) is 1. The van der Waals surface area contributed by atoms with Crippen molar-refractivity contribution in [2.45, 2.75) is 6.92 Å². The van der Waals surface area contributed by atoms with Gasteiger partial charge in [0.2, 0.25) is 0 Å². The summed E-state index contributed by atoms with van der Waals surface area (Å²) < 4.78 is 5.20. The lowest BCUT2D eigenvalue weighted by molar-refractivity contribution is -0.384. The van der Waals surface area contributed by atoms with Crippen LogP contribution in [0.3, 0.4) is 0 Å². The number of methoxy groups -OCH3 is 1. The molecule has 0 saturated heterocycles. The summed E-state index contributed by atoms with van der Waals surface area (Å²) in [6.45, 7) is 1.86. The van der Waals surface area contributed by atoms with E-state index in [9.17, 15) is 10.1 Å². The molecule has 7 nitrogen and oxygen atoms in total. The average Bonchev–Trinajstić information content (AvgIpc) is 2.48. The SMILES string of the molecule is COc1cc(N)c(C)cc1N=Nc1ccc([N+](=O)[O-])cc1. The summed E-state index contributed by atoms with van der Waals surface area (Å²) in [5, 5.41) is 18.7. The first-order chi connectivity index (χ1) is 10.0. The fraction of sp³-hybridized carbons (Fsp3) is 0.143. The summed E-state index contributed by atoms with van der Waals surface area (Å²) in [5.41, 5.74) is 8.35. The van der Waals surface area contributed by atoms with Gasteiger partial charge in [0.05, 0.1) is 17.7 Å². The maximum absolute atomic E-state index is 10.6. The Balaban J connectivity index is 2.28. The van der Waals surface area contributed by atoms with E-state index < -0.39 is 4.92 Å². The Morgan fingerprint density at radius 2 is 1.86 bits per heavy atom. The molecule has 0 aliphatic heterocycles. The second kappa shape index (κ2) is 6.00. The smallest absolute Gasteiger partial charge is 0.269 e. The van der Waals surface area contributed by atoms with Gasteiger partial charge in [0.1, 0.15) is 11.4 Å². The van der Waals surface area contributed by atoms with Crippen LogP contribution in [-0.2, 0) is 0 Å². The van der Waals surface area contributed by atoms with Gasteiger partial charge in [-0.1, -0.05) is 0 Å². The predicted molar refractivity (Wildman–Crippen MR) is 79.4 cm³/mol. The minimum absolute atomic E-state index is 0.00913. The summed E-state index contributed by atoms with van der Waals surface area (Å²) in [5.74, 6) is 0.517. The molecule has 21 heavy (non-hydrogen) atoms. The summed E-state index contributed by atoms with van der Waals surface area (Å²) in [7, 11) is 1.52. The van der Waals surface area contributed by atoms with Crippen molar-refractivity contribution in [3.8, 4) is 5.75 Å². The molecule has 0 aromatic heterocycles. The molecule has 2 aromatic carbocycles. The van der Waals surface area contributed by atoms with Crippen molar-refractivity contribution < 1.29 is 9.66 Å². The molecule has 7 heteroatoms. The molecule has 2 N–H and O–H groups in total. The van der Waals surface area contributed by atoms with Crippen LogP contribution in [0.1, 0.15) is 5.56 Å². The minimum Gasteiger partial charge on any atom is -0.494 e. The van der Waals surface area contributed by atoms with E-state index >= 15 is 0 Å². The van der Waals surface area contributed by atoms with Crippen molar-refractivity contribution in [2.75, 3.05) is 12.8 Å². The molecule has 0 aliphatic rings. The van der Waals surface area contributed by atoms with Gasteiger partial charge in [-0.2, -0.15) is 5.11 Å². The first-order valence-corrected chi connectivity index (χ1v) is 6.11. The zero-order valence-electron chi connectivity index (χ0n) is 11.6. The van der Waals surface area contributed by atoms with E-state index in [1.165, 1.54) is 31.4 Å². The largest absolute Gasteiger partial charge is 0.494 e. The van der Waals surface area contributed by atoms with Crippen molar-refractivity contribution in [3.05, 3.63) is 52.1 Å². The second-order valence-corrected chi connectivity index (χ2v) is 4.35. The highest BCUT2D eigenvalue weighted by Crippen LogP contribution is 2.33. The summed E-state index contributed by atoms with van der Waals surface area (Å²) in [4.78, 5) is 10.1. The van der Waals surface area contributed by atoms with Crippen molar-refractivity contribution >= 4 is 22.7 Å². The molecular weight excluding hydrogens is 272 g/mol. The van der Waals surface area contributed by atoms with E-state index in [0.717, 1.165) is 5.56 Å². The molecule has 0 radical (unpaired) electrons. The zero-order chi connectivity index (χ0) is 15.4. The van der Waals surface area contributed by atoms with Gasteiger partial charge in [0.25, 0.3) is 5.69 Å². The van der Waals surface area contributed by atoms with Crippen molar-refractivity contribution in [1.29, 1.82) is 0 Å². The van der Waals surface area contributed by atoms with Crippen LogP contribution in [0, 0.1) is 17.0 Å². The van der Waals surface area contributed by atoms with E-state index in [0.29, 0.717) is 22.8 Å². The Morgan fingerprint density at radius 3 is 2.43 bits per heavy atom. The molecule has 0 unspecified atom stereocenters. The number of nitrogen functional groups attached to an aromatic ring is 1. The van der Waals surface area contributed by atoms with Crippen LogP contribution in [0.2, 0.25) is 0 Å². The summed E-state index contributed by atoms with van der Waals surface area (Å²) in [6.07, 6.45) is 0. The average molecular weight is 286 g/mol. The highest BCUT2D eigenvalue weighted by Gasteiger charge is 2.06. The topological polar surface area (TPSA) is 103 Å². The lowest BCUT2D eigenvalue weighted by Crippen LogP contribution is -1.91. The van der Waals surface area contributed by atoms with Crippen molar-refractivity contribution in [2.24, 2.45) is 10.2 Å². The van der Waals surface area contributed by atoms with Gasteiger partial charge < -0.3 is 10.5 Å². The van der Waals surface area contributed by atoms with Gasteiger partial charge in [-0.3, -0.25) is 10.1 Å². The number of non-ortho nitro benzene ring substituents is 1. The van der Waals surface area contributed by atoms with Crippen molar-refractivity contribution in [1.82, 2.24) is 0 Å². The number of nitro benzene ring substituents is 1. The van der Waals surface area contributed by atoms with Gasteiger partial charge in [-0.05, 0) is 30.7 Å². The third kappa shape index (κ3) is 3.33. The number of aryl methyl sites for hydroxylation is 1. The highest BCUT2D eigenvalue weighted by molar-refractivity contribution is 5.63. The molecule has 108 valence electrons. The number of azo groups is 1. The Kier molecular flexibility index (Phi) is 4.13. The molecule has 0 aliphatic carbocycles. The first-order valence-electron chi connectivity index (χ1n) is 6.11. The number of nitrogens with zero attached hydrogens (tertiary/aromatic N) is 3. The van der Waals surface area contributed by atoms with E-state index in [1.54, 1.807) is 12.1 Å². The van der Waals surface area contributed by atoms with Crippen LogP contribution < -0.4 is 10.5 Å². The maximum atomic E-state index is 10.6. The van der Waals surface area contributed by atoms with Gasteiger partial charge in [0.15, 0.2) is 0 Å². The molecule has 0 fully saturated rings. The number of hydrogen-bond acceptors (Lipinski definition) is 6. The molecule has 0 atom stereocenters. The number of hydrogen-bond donors (Lipinski definition) is 1. The van der Waals surface area contributed by atoms with Crippen LogP contribution in [0.5, 0.6) is 5.75 Å². The quantitative estimate of drug-likeness (QED) is 0.398. The predicted octanol–water partition coefficient (Wildman–Crippen LogP) is 3.91. The highest BCUT2D eigenvalue weighted by atomic mass is 16.6. The Bertz CT molecular complexity index is 696. The van der Waals surface area contributed by atoms with Crippen LogP contribution in [-0.4, -0.2) is 12.0 Å². The fourth-order valence-corrected chi connectivity index (χ4v) is 1.68. The molecule has 0 amide bonds. The monoisotopic (exact) mass is 286 g/mol. The van der Waals surface area contributed by atoms with E-state index in [-0.39, 0.29) is 5.69 Å².